The molecule has 2 amide bonds. The van der Waals surface area contributed by atoms with Crippen molar-refractivity contribution in [1.29, 1.82) is 0 Å². The molecule has 0 unspecified atom stereocenters. The highest BCUT2D eigenvalue weighted by Gasteiger charge is 2.43. The number of piperidine rings is 1. The summed E-state index contributed by atoms with van der Waals surface area (Å²) in [7, 11) is 0. The smallest absolute Gasteiger partial charge is 0.230 e. The van der Waals surface area contributed by atoms with E-state index in [9.17, 15) is 9.59 Å². The van der Waals surface area contributed by atoms with Crippen molar-refractivity contribution in [2.24, 2.45) is 0 Å². The second-order valence-electron chi connectivity index (χ2n) is 8.24. The molecule has 2 aromatic carbocycles. The molecule has 0 saturated carbocycles. The first kappa shape index (κ1) is 21.8. The lowest BCUT2D eigenvalue weighted by atomic mass is 9.72. The fourth-order valence-electron chi connectivity index (χ4n) is 4.43. The molecule has 0 spiro atoms. The van der Waals surface area contributed by atoms with Gasteiger partial charge in [-0.25, -0.2) is 0 Å². The maximum absolute atomic E-state index is 13.3. The third-order valence-electron chi connectivity index (χ3n) is 6.28. The molecule has 3 aromatic rings. The van der Waals surface area contributed by atoms with E-state index in [2.05, 4.69) is 10.3 Å². The molecule has 6 heteroatoms. The molecule has 1 aliphatic rings. The summed E-state index contributed by atoms with van der Waals surface area (Å²) in [4.78, 5) is 31.3. The van der Waals surface area contributed by atoms with Crippen molar-refractivity contribution < 1.29 is 14.3 Å². The van der Waals surface area contributed by atoms with E-state index in [0.29, 0.717) is 45.5 Å². The molecule has 166 valence electrons. The Kier molecular flexibility index (Phi) is 6.69. The van der Waals surface area contributed by atoms with Crippen LogP contribution in [0.3, 0.4) is 0 Å². The van der Waals surface area contributed by atoms with Crippen molar-refractivity contribution in [3.63, 3.8) is 0 Å². The Morgan fingerprint density at radius 1 is 1.03 bits per heavy atom. The van der Waals surface area contributed by atoms with Gasteiger partial charge in [-0.05, 0) is 37.0 Å². The molecule has 1 aromatic heterocycles. The first-order chi connectivity index (χ1) is 15.6. The normalized spacial score (nSPS) is 15.3. The average Bonchev–Trinajstić information content (AvgIpc) is 2.84. The molecular formula is C26H29N3O3. The topological polar surface area (TPSA) is 71.5 Å². The SMILES string of the molecule is CC(=O)N1CCC(C(=O)NCCCOc2cccc3cccnc23)(c2ccccc2)CC1. The highest BCUT2D eigenvalue weighted by Crippen LogP contribution is 2.36. The lowest BCUT2D eigenvalue weighted by Gasteiger charge is -2.40. The molecule has 32 heavy (non-hydrogen) atoms. The number of aromatic nitrogens is 1. The highest BCUT2D eigenvalue weighted by atomic mass is 16.5. The van der Waals surface area contributed by atoms with E-state index >= 15 is 0 Å². The van der Waals surface area contributed by atoms with Crippen molar-refractivity contribution in [3.05, 3.63) is 72.4 Å². The predicted octanol–water partition coefficient (Wildman–Crippen LogP) is 3.70. The highest BCUT2D eigenvalue weighted by molar-refractivity contribution is 5.89. The Balaban J connectivity index is 1.35. The summed E-state index contributed by atoms with van der Waals surface area (Å²) >= 11 is 0. The number of carbonyl (C=O) groups is 2. The molecule has 0 bridgehead atoms. The van der Waals surface area contributed by atoms with E-state index in [0.717, 1.165) is 22.2 Å². The third kappa shape index (κ3) is 4.59. The number of nitrogens with zero attached hydrogens (tertiary/aromatic N) is 2. The summed E-state index contributed by atoms with van der Waals surface area (Å²) in [5.74, 6) is 0.845. The summed E-state index contributed by atoms with van der Waals surface area (Å²) in [6.45, 7) is 3.79. The first-order valence-electron chi connectivity index (χ1n) is 11.2. The summed E-state index contributed by atoms with van der Waals surface area (Å²) in [6.07, 6.45) is 3.70. The lowest BCUT2D eigenvalue weighted by Crippen LogP contribution is -2.52. The van der Waals surface area contributed by atoms with Gasteiger partial charge >= 0.3 is 0 Å². The van der Waals surface area contributed by atoms with Crippen LogP contribution in [0.15, 0.2) is 66.9 Å². The predicted molar refractivity (Wildman–Crippen MR) is 124 cm³/mol. The quantitative estimate of drug-likeness (QED) is 0.579. The Morgan fingerprint density at radius 3 is 2.53 bits per heavy atom. The van der Waals surface area contributed by atoms with Gasteiger partial charge in [-0.15, -0.1) is 0 Å². The summed E-state index contributed by atoms with van der Waals surface area (Å²) in [5.41, 5.74) is 1.26. The van der Waals surface area contributed by atoms with Crippen LogP contribution in [-0.2, 0) is 15.0 Å². The van der Waals surface area contributed by atoms with Gasteiger partial charge in [0.2, 0.25) is 11.8 Å². The largest absolute Gasteiger partial charge is 0.491 e. The van der Waals surface area contributed by atoms with Gasteiger partial charge in [0.25, 0.3) is 0 Å². The van der Waals surface area contributed by atoms with Gasteiger partial charge in [0.05, 0.1) is 12.0 Å². The minimum absolute atomic E-state index is 0.0266. The van der Waals surface area contributed by atoms with Gasteiger partial charge in [-0.3, -0.25) is 14.6 Å². The number of hydrogen-bond acceptors (Lipinski definition) is 4. The first-order valence-corrected chi connectivity index (χ1v) is 11.2. The van der Waals surface area contributed by atoms with Crippen LogP contribution in [0.4, 0.5) is 0 Å². The molecule has 1 fully saturated rings. The second kappa shape index (κ2) is 9.81. The molecule has 0 aliphatic carbocycles. The van der Waals surface area contributed by atoms with Crippen LogP contribution in [0.5, 0.6) is 5.75 Å². The van der Waals surface area contributed by atoms with E-state index in [1.165, 1.54) is 0 Å². The summed E-state index contributed by atoms with van der Waals surface area (Å²) in [6, 6.07) is 19.7. The zero-order chi connectivity index (χ0) is 22.4. The number of carbonyl (C=O) groups excluding carboxylic acids is 2. The van der Waals surface area contributed by atoms with Crippen molar-refractivity contribution >= 4 is 22.7 Å². The van der Waals surface area contributed by atoms with Crippen molar-refractivity contribution in [3.8, 4) is 5.75 Å². The van der Waals surface area contributed by atoms with Gasteiger partial charge in [-0.1, -0.05) is 48.5 Å². The summed E-state index contributed by atoms with van der Waals surface area (Å²) in [5, 5.41) is 4.16. The molecular weight excluding hydrogens is 402 g/mol. The molecule has 0 radical (unpaired) electrons. The number of para-hydroxylation sites is 1. The van der Waals surface area contributed by atoms with Crippen LogP contribution in [0.2, 0.25) is 0 Å². The van der Waals surface area contributed by atoms with Crippen LogP contribution in [0.25, 0.3) is 10.9 Å². The van der Waals surface area contributed by atoms with Gasteiger partial charge < -0.3 is 15.0 Å². The minimum Gasteiger partial charge on any atom is -0.491 e. The number of rotatable bonds is 7. The number of fused-ring (bicyclic) bond motifs is 1. The molecule has 4 rings (SSSR count). The number of ether oxygens (including phenoxy) is 1. The van der Waals surface area contributed by atoms with Gasteiger partial charge in [0, 0.05) is 38.1 Å². The summed E-state index contributed by atoms with van der Waals surface area (Å²) < 4.78 is 5.94. The fourth-order valence-corrected chi connectivity index (χ4v) is 4.43. The van der Waals surface area contributed by atoms with E-state index in [4.69, 9.17) is 4.74 Å². The van der Waals surface area contributed by atoms with Gasteiger partial charge in [0.15, 0.2) is 0 Å². The molecule has 1 aliphatic heterocycles. The Hall–Kier alpha value is -3.41. The molecule has 1 N–H and O–H groups in total. The molecule has 0 atom stereocenters. The molecule has 2 heterocycles. The van der Waals surface area contributed by atoms with Gasteiger partial charge in [0.1, 0.15) is 11.3 Å². The average molecular weight is 432 g/mol. The van der Waals surface area contributed by atoms with Crippen LogP contribution in [0, 0.1) is 0 Å². The standard InChI is InChI=1S/C26H29N3O3/c1-20(30)29-17-13-26(14-18-29,22-10-3-2-4-11-22)25(31)28-16-7-19-32-23-12-5-8-21-9-6-15-27-24(21)23/h2-6,8-12,15H,7,13-14,16-19H2,1H3,(H,28,31). The Morgan fingerprint density at radius 2 is 1.78 bits per heavy atom. The van der Waals surface area contributed by atoms with Crippen molar-refractivity contribution in [2.45, 2.75) is 31.6 Å². The molecule has 1 saturated heterocycles. The maximum atomic E-state index is 13.3. The molecule has 6 nitrogen and oxygen atoms in total. The monoisotopic (exact) mass is 431 g/mol. The third-order valence-corrected chi connectivity index (χ3v) is 6.28. The van der Waals surface area contributed by atoms with Crippen LogP contribution in [0.1, 0.15) is 31.7 Å². The zero-order valence-corrected chi connectivity index (χ0v) is 18.4. The fraction of sp³-hybridized carbons (Fsp3) is 0.346. The number of pyridine rings is 1. The van der Waals surface area contributed by atoms with E-state index in [-0.39, 0.29) is 11.8 Å². The van der Waals surface area contributed by atoms with Crippen molar-refractivity contribution in [1.82, 2.24) is 15.2 Å². The van der Waals surface area contributed by atoms with Crippen LogP contribution >= 0.6 is 0 Å². The van der Waals surface area contributed by atoms with Crippen molar-refractivity contribution in [2.75, 3.05) is 26.2 Å². The lowest BCUT2D eigenvalue weighted by molar-refractivity contribution is -0.135. The minimum atomic E-state index is -0.604. The van der Waals surface area contributed by atoms with Crippen LogP contribution < -0.4 is 10.1 Å². The van der Waals surface area contributed by atoms with Crippen LogP contribution in [-0.4, -0.2) is 47.9 Å². The van der Waals surface area contributed by atoms with E-state index in [1.54, 1.807) is 13.1 Å². The Labute approximate surface area is 188 Å². The second-order valence-corrected chi connectivity index (χ2v) is 8.24. The number of benzene rings is 2. The Bertz CT molecular complexity index is 1070. The van der Waals surface area contributed by atoms with Gasteiger partial charge in [-0.2, -0.15) is 0 Å². The van der Waals surface area contributed by atoms with E-state index in [1.807, 2.05) is 65.6 Å². The number of hydrogen-bond donors (Lipinski definition) is 1. The van der Waals surface area contributed by atoms with E-state index < -0.39 is 5.41 Å². The number of amides is 2. The zero-order valence-electron chi connectivity index (χ0n) is 18.4. The maximum Gasteiger partial charge on any atom is 0.230 e. The number of nitrogens with one attached hydrogen (secondary N) is 1. The number of likely N-dealkylation sites (tertiary alicyclic amines) is 1.